The minimum absolute atomic E-state index is 0. The summed E-state index contributed by atoms with van der Waals surface area (Å²) in [5, 5.41) is 2.74. The van der Waals surface area contributed by atoms with Crippen molar-refractivity contribution in [1.82, 2.24) is 9.97 Å². The zero-order valence-corrected chi connectivity index (χ0v) is 11.9. The SMILES string of the molecule is F.F.O=C(Nc1ccc(OCF)cc1)c1cc2scnc2[nH]1. The van der Waals surface area contributed by atoms with E-state index in [-0.39, 0.29) is 15.3 Å². The number of nitrogens with one attached hydrogen (secondary N) is 2. The molecular weight excluding hydrogens is 319 g/mol. The predicted molar refractivity (Wildman–Crippen MR) is 80.0 cm³/mol. The van der Waals surface area contributed by atoms with Gasteiger partial charge in [-0.3, -0.25) is 14.2 Å². The first-order valence-corrected chi connectivity index (χ1v) is 6.66. The average molecular weight is 331 g/mol. The van der Waals surface area contributed by atoms with Gasteiger partial charge in [-0.2, -0.15) is 0 Å². The first-order valence-electron chi connectivity index (χ1n) is 5.78. The molecule has 2 heterocycles. The van der Waals surface area contributed by atoms with Crippen LogP contribution in [-0.4, -0.2) is 22.7 Å². The number of aromatic amines is 1. The molecule has 3 aromatic rings. The Hall–Kier alpha value is -2.55. The number of halogens is 3. The van der Waals surface area contributed by atoms with Crippen LogP contribution >= 0.6 is 11.3 Å². The number of rotatable bonds is 4. The van der Waals surface area contributed by atoms with Gasteiger partial charge in [0.05, 0.1) is 10.2 Å². The lowest BCUT2D eigenvalue weighted by Gasteiger charge is -2.05. The zero-order chi connectivity index (χ0) is 13.9. The molecule has 1 amide bonds. The zero-order valence-electron chi connectivity index (χ0n) is 11.0. The Morgan fingerprint density at radius 3 is 2.68 bits per heavy atom. The number of H-pyrrole nitrogens is 1. The number of benzene rings is 1. The van der Waals surface area contributed by atoms with E-state index in [0.717, 1.165) is 4.70 Å². The van der Waals surface area contributed by atoms with E-state index in [9.17, 15) is 9.18 Å². The highest BCUT2D eigenvalue weighted by Crippen LogP contribution is 2.20. The first-order chi connectivity index (χ1) is 9.76. The van der Waals surface area contributed by atoms with Crippen molar-refractivity contribution in [2.24, 2.45) is 0 Å². The van der Waals surface area contributed by atoms with Gasteiger partial charge in [-0.1, -0.05) is 0 Å². The Morgan fingerprint density at radius 2 is 2.05 bits per heavy atom. The number of nitrogens with zero attached hydrogens (tertiary/aromatic N) is 1. The highest BCUT2D eigenvalue weighted by atomic mass is 32.1. The Kier molecular flexibility index (Phi) is 5.93. The molecule has 0 fully saturated rings. The van der Waals surface area contributed by atoms with Crippen LogP contribution in [0, 0.1) is 0 Å². The fourth-order valence-electron chi connectivity index (χ4n) is 1.76. The summed E-state index contributed by atoms with van der Waals surface area (Å²) < 4.78 is 17.6. The van der Waals surface area contributed by atoms with E-state index in [1.807, 2.05) is 0 Å². The van der Waals surface area contributed by atoms with Gasteiger partial charge >= 0.3 is 0 Å². The number of thiazole rings is 1. The average Bonchev–Trinajstić information content (AvgIpc) is 3.02. The van der Waals surface area contributed by atoms with E-state index < -0.39 is 6.86 Å². The van der Waals surface area contributed by atoms with Crippen molar-refractivity contribution >= 4 is 33.3 Å². The minimum atomic E-state index is -0.877. The lowest BCUT2D eigenvalue weighted by molar-refractivity contribution is 0.102. The summed E-state index contributed by atoms with van der Waals surface area (Å²) in [6.07, 6.45) is 0. The molecule has 1 aromatic carbocycles. The van der Waals surface area contributed by atoms with Gasteiger partial charge in [-0.05, 0) is 30.3 Å². The predicted octanol–water partition coefficient (Wildman–Crippen LogP) is 3.49. The van der Waals surface area contributed by atoms with Gasteiger partial charge in [0.25, 0.3) is 5.91 Å². The van der Waals surface area contributed by atoms with E-state index in [4.69, 9.17) is 0 Å². The van der Waals surface area contributed by atoms with Crippen LogP contribution in [0.25, 0.3) is 10.3 Å². The maximum absolute atomic E-state index is 12.0. The summed E-state index contributed by atoms with van der Waals surface area (Å²) in [7, 11) is 0. The standard InChI is InChI=1S/C13H10FN3O2S.2FH/c14-6-19-9-3-1-8(2-4-9)16-13(18)10-5-11-12(17-10)15-7-20-11;;/h1-5,7,17H,6H2,(H,16,18);2*1H. The molecule has 0 saturated carbocycles. The molecule has 118 valence electrons. The number of amides is 1. The van der Waals surface area contributed by atoms with Gasteiger partial charge in [-0.25, -0.2) is 9.37 Å². The molecule has 0 aliphatic heterocycles. The Balaban J connectivity index is 0.00000121. The molecule has 2 aromatic heterocycles. The molecule has 9 heteroatoms. The molecule has 0 atom stereocenters. The van der Waals surface area contributed by atoms with Crippen molar-refractivity contribution in [2.75, 3.05) is 12.2 Å². The summed E-state index contributed by atoms with van der Waals surface area (Å²) in [4.78, 5) is 19.1. The Labute approximate surface area is 126 Å². The molecule has 0 unspecified atom stereocenters. The van der Waals surface area contributed by atoms with Crippen molar-refractivity contribution in [3.8, 4) is 5.75 Å². The molecular formula is C13H12F3N3O2S. The number of aromatic nitrogens is 2. The van der Waals surface area contributed by atoms with Crippen LogP contribution in [0.5, 0.6) is 5.75 Å². The van der Waals surface area contributed by atoms with Crippen molar-refractivity contribution in [1.29, 1.82) is 0 Å². The number of alkyl halides is 1. The normalized spacial score (nSPS) is 9.68. The molecule has 22 heavy (non-hydrogen) atoms. The molecule has 0 radical (unpaired) electrons. The third-order valence-corrected chi connectivity index (χ3v) is 3.48. The van der Waals surface area contributed by atoms with Crippen LogP contribution < -0.4 is 10.1 Å². The van der Waals surface area contributed by atoms with Gasteiger partial charge in [-0.15, -0.1) is 11.3 Å². The minimum Gasteiger partial charge on any atom is -0.463 e. The highest BCUT2D eigenvalue weighted by molar-refractivity contribution is 7.16. The number of hydrogen-bond donors (Lipinski definition) is 2. The van der Waals surface area contributed by atoms with Crippen molar-refractivity contribution < 1.29 is 23.3 Å². The van der Waals surface area contributed by atoms with Crippen LogP contribution in [0.3, 0.4) is 0 Å². The van der Waals surface area contributed by atoms with Gasteiger partial charge in [0.2, 0.25) is 6.86 Å². The van der Waals surface area contributed by atoms with Crippen LogP contribution in [0.4, 0.5) is 19.5 Å². The number of ether oxygens (including phenoxy) is 1. The first kappa shape index (κ1) is 17.5. The maximum atomic E-state index is 12.0. The van der Waals surface area contributed by atoms with Gasteiger partial charge in [0, 0.05) is 5.69 Å². The number of fused-ring (bicyclic) bond motifs is 1. The van der Waals surface area contributed by atoms with Crippen molar-refractivity contribution in [3.63, 3.8) is 0 Å². The summed E-state index contributed by atoms with van der Waals surface area (Å²) in [5.74, 6) is 0.157. The van der Waals surface area contributed by atoms with E-state index >= 15 is 0 Å². The fourth-order valence-corrected chi connectivity index (χ4v) is 2.44. The van der Waals surface area contributed by atoms with Crippen molar-refractivity contribution in [3.05, 3.63) is 41.5 Å². The molecule has 0 spiro atoms. The van der Waals surface area contributed by atoms with E-state index in [1.54, 1.807) is 35.8 Å². The number of anilines is 1. The molecule has 2 N–H and O–H groups in total. The maximum Gasteiger partial charge on any atom is 0.272 e. The molecule has 0 saturated heterocycles. The quantitative estimate of drug-likeness (QED) is 0.769. The summed E-state index contributed by atoms with van der Waals surface area (Å²) in [6.45, 7) is -0.877. The van der Waals surface area contributed by atoms with Gasteiger partial charge < -0.3 is 15.0 Å². The van der Waals surface area contributed by atoms with Crippen LogP contribution in [0.1, 0.15) is 10.5 Å². The van der Waals surface area contributed by atoms with E-state index in [1.165, 1.54) is 11.3 Å². The van der Waals surface area contributed by atoms with E-state index in [2.05, 4.69) is 20.0 Å². The highest BCUT2D eigenvalue weighted by Gasteiger charge is 2.11. The molecule has 5 nitrogen and oxygen atoms in total. The van der Waals surface area contributed by atoms with Crippen LogP contribution in [0.2, 0.25) is 0 Å². The van der Waals surface area contributed by atoms with Crippen LogP contribution in [-0.2, 0) is 0 Å². The molecule has 0 bridgehead atoms. The molecule has 0 aliphatic carbocycles. The number of hydrogen-bond acceptors (Lipinski definition) is 4. The monoisotopic (exact) mass is 331 g/mol. The van der Waals surface area contributed by atoms with Gasteiger partial charge in [0.1, 0.15) is 17.1 Å². The van der Waals surface area contributed by atoms with Crippen molar-refractivity contribution in [2.45, 2.75) is 0 Å². The lowest BCUT2D eigenvalue weighted by atomic mass is 10.3. The molecule has 0 aliphatic rings. The number of carbonyl (C=O) groups is 1. The Morgan fingerprint density at radius 1 is 1.32 bits per heavy atom. The Bertz CT molecular complexity index is 714. The third-order valence-electron chi connectivity index (χ3n) is 2.70. The third kappa shape index (κ3) is 3.55. The summed E-state index contributed by atoms with van der Waals surface area (Å²) in [6, 6.07) is 8.22. The second-order valence-corrected chi connectivity index (χ2v) is 4.87. The lowest BCUT2D eigenvalue weighted by Crippen LogP contribution is -2.12. The second-order valence-electron chi connectivity index (χ2n) is 3.98. The second kappa shape index (κ2) is 7.46. The van der Waals surface area contributed by atoms with E-state index in [0.29, 0.717) is 22.8 Å². The summed E-state index contributed by atoms with van der Waals surface area (Å²) in [5.41, 5.74) is 3.47. The van der Waals surface area contributed by atoms with Gasteiger partial charge in [0.15, 0.2) is 0 Å². The van der Waals surface area contributed by atoms with Crippen LogP contribution in [0.15, 0.2) is 35.8 Å². The fraction of sp³-hybridized carbons (Fsp3) is 0.0769. The summed E-state index contributed by atoms with van der Waals surface area (Å²) >= 11 is 1.46. The molecule has 3 rings (SSSR count). The smallest absolute Gasteiger partial charge is 0.272 e. The topological polar surface area (TPSA) is 67.0 Å². The largest absolute Gasteiger partial charge is 0.463 e. The number of carbonyl (C=O) groups excluding carboxylic acids is 1.